The minimum Gasteiger partial charge on any atom is -0.477 e. The highest BCUT2D eigenvalue weighted by Gasteiger charge is 2.45. The van der Waals surface area contributed by atoms with Crippen LogP contribution in [-0.4, -0.2) is 38.6 Å². The second kappa shape index (κ2) is 10.1. The molecule has 1 aromatic heterocycles. The lowest BCUT2D eigenvalue weighted by atomic mass is 9.91. The Balaban J connectivity index is 1.69. The molecule has 39 heavy (non-hydrogen) atoms. The van der Waals surface area contributed by atoms with E-state index in [1.807, 2.05) is 31.2 Å². The summed E-state index contributed by atoms with van der Waals surface area (Å²) in [4.78, 5) is 40.4. The molecule has 1 aliphatic rings. The van der Waals surface area contributed by atoms with E-state index in [4.69, 9.17) is 16.7 Å². The third-order valence-corrected chi connectivity index (χ3v) is 6.91. The lowest BCUT2D eigenvalue weighted by molar-refractivity contribution is -0.170. The van der Waals surface area contributed by atoms with Crippen molar-refractivity contribution in [3.05, 3.63) is 105 Å². The number of alkyl halides is 2. The number of hydrogen-bond donors (Lipinski definition) is 2. The molecule has 0 aliphatic carbocycles. The molecule has 2 heterocycles. The number of amides is 1. The molecule has 1 atom stereocenters. The molecule has 5 rings (SSSR count). The molecule has 0 bridgehead atoms. The van der Waals surface area contributed by atoms with Crippen LogP contribution in [0.5, 0.6) is 0 Å². The van der Waals surface area contributed by atoms with Crippen molar-refractivity contribution < 1.29 is 23.5 Å². The van der Waals surface area contributed by atoms with Gasteiger partial charge >= 0.3 is 11.9 Å². The van der Waals surface area contributed by atoms with E-state index in [-0.39, 0.29) is 17.7 Å². The Bertz CT molecular complexity index is 1680. The molecular weight excluding hydrogens is 528 g/mol. The molecule has 10 heteroatoms. The first-order chi connectivity index (χ1) is 18.5. The van der Waals surface area contributed by atoms with Crippen LogP contribution >= 0.6 is 11.6 Å². The molecule has 0 radical (unpaired) electrons. The quantitative estimate of drug-likeness (QED) is 0.310. The highest BCUT2D eigenvalue weighted by Crippen LogP contribution is 2.38. The van der Waals surface area contributed by atoms with Crippen LogP contribution in [0.2, 0.25) is 5.02 Å². The number of benzene rings is 3. The van der Waals surface area contributed by atoms with Gasteiger partial charge in [-0.15, -0.1) is 0 Å². The smallest absolute Gasteiger partial charge is 0.375 e. The number of para-hydroxylation sites is 1. The van der Waals surface area contributed by atoms with Crippen LogP contribution in [0.15, 0.2) is 82.7 Å². The van der Waals surface area contributed by atoms with Crippen molar-refractivity contribution in [2.45, 2.75) is 31.7 Å². The van der Waals surface area contributed by atoms with E-state index >= 15 is 0 Å². The molecule has 2 N–H and O–H groups in total. The van der Waals surface area contributed by atoms with Crippen LogP contribution in [-0.2, 0) is 9.59 Å². The fraction of sp³-hybridized carbons (Fsp3) is 0.172. The van der Waals surface area contributed by atoms with Crippen LogP contribution in [0.4, 0.5) is 8.78 Å². The number of H-pyrrole nitrogens is 1. The Morgan fingerprint density at radius 1 is 1.05 bits per heavy atom. The largest absolute Gasteiger partial charge is 0.477 e. The number of nitrogens with one attached hydrogen (secondary N) is 1. The molecule has 0 saturated carbocycles. The number of aryl methyl sites for hydroxylation is 1. The fourth-order valence-corrected chi connectivity index (χ4v) is 4.85. The Labute approximate surface area is 226 Å². The fourth-order valence-electron chi connectivity index (χ4n) is 4.72. The lowest BCUT2D eigenvalue weighted by Gasteiger charge is -2.23. The number of hydrazone groups is 1. The van der Waals surface area contributed by atoms with Crippen molar-refractivity contribution in [3.63, 3.8) is 0 Å². The summed E-state index contributed by atoms with van der Waals surface area (Å²) < 4.78 is 28.1. The third kappa shape index (κ3) is 5.05. The number of aromatic amines is 1. The first-order valence-corrected chi connectivity index (χ1v) is 12.4. The molecule has 4 aromatic rings. The Kier molecular flexibility index (Phi) is 6.78. The highest BCUT2D eigenvalue weighted by molar-refractivity contribution is 6.30. The van der Waals surface area contributed by atoms with Crippen molar-refractivity contribution in [2.24, 2.45) is 5.10 Å². The number of nitrogens with zero attached hydrogens (tertiary/aromatic N) is 2. The maximum Gasteiger partial charge on any atom is 0.375 e. The summed E-state index contributed by atoms with van der Waals surface area (Å²) in [5.41, 5.74) is 3.30. The van der Waals surface area contributed by atoms with E-state index in [0.717, 1.165) is 10.6 Å². The summed E-state index contributed by atoms with van der Waals surface area (Å²) in [6, 6.07) is 20.4. The Hall–Kier alpha value is -4.37. The van der Waals surface area contributed by atoms with Gasteiger partial charge in [0, 0.05) is 27.9 Å². The van der Waals surface area contributed by atoms with Gasteiger partial charge in [-0.2, -0.15) is 13.9 Å². The number of carboxylic acids is 1. The van der Waals surface area contributed by atoms with Crippen molar-refractivity contribution in [1.29, 1.82) is 0 Å². The first-order valence-electron chi connectivity index (χ1n) is 12.0. The average Bonchev–Trinajstić information content (AvgIpc) is 3.34. The molecule has 1 amide bonds. The van der Waals surface area contributed by atoms with Gasteiger partial charge in [0.15, 0.2) is 0 Å². The second-order valence-electron chi connectivity index (χ2n) is 9.36. The van der Waals surface area contributed by atoms with Crippen LogP contribution in [0, 0.1) is 6.92 Å². The molecule has 1 unspecified atom stereocenters. The zero-order chi connectivity index (χ0) is 27.9. The number of aromatic nitrogens is 1. The summed E-state index contributed by atoms with van der Waals surface area (Å²) in [6.45, 7) is 1.88. The summed E-state index contributed by atoms with van der Waals surface area (Å²) >= 11 is 6.10. The number of pyridine rings is 1. The monoisotopic (exact) mass is 549 g/mol. The van der Waals surface area contributed by atoms with Gasteiger partial charge in [-0.05, 0) is 36.2 Å². The molecule has 3 aromatic carbocycles. The molecule has 7 nitrogen and oxygen atoms in total. The lowest BCUT2D eigenvalue weighted by Crippen LogP contribution is -2.37. The van der Waals surface area contributed by atoms with Gasteiger partial charge in [0.25, 0.3) is 5.56 Å². The number of rotatable bonds is 6. The third-order valence-electron chi connectivity index (χ3n) is 6.66. The topological polar surface area (TPSA) is 103 Å². The standard InChI is InChI=1S/C29H22ClF2N3O4/c1-16-6-8-17(9-7-16)23-14-22(34-35(23)24(36)15-29(31,32)28(38)39)26-25(18-10-12-19(30)13-11-18)20-4-2-3-5-21(20)33-27(26)37/h2-13,23H,14-15H2,1H3,(H,33,37)(H,38,39). The van der Waals surface area contributed by atoms with Crippen molar-refractivity contribution in [3.8, 4) is 11.1 Å². The van der Waals surface area contributed by atoms with E-state index in [1.165, 1.54) is 0 Å². The minimum absolute atomic E-state index is 0.0510. The highest BCUT2D eigenvalue weighted by atomic mass is 35.5. The van der Waals surface area contributed by atoms with Crippen LogP contribution < -0.4 is 5.56 Å². The number of fused-ring (bicyclic) bond motifs is 1. The van der Waals surface area contributed by atoms with Gasteiger partial charge in [-0.1, -0.05) is 71.8 Å². The van der Waals surface area contributed by atoms with Gasteiger partial charge in [0.2, 0.25) is 5.91 Å². The second-order valence-corrected chi connectivity index (χ2v) is 9.80. The summed E-state index contributed by atoms with van der Waals surface area (Å²) in [7, 11) is 0. The number of hydrogen-bond acceptors (Lipinski definition) is 4. The maximum atomic E-state index is 14.0. The summed E-state index contributed by atoms with van der Waals surface area (Å²) in [5, 5.41) is 15.4. The number of halogens is 3. The molecule has 0 saturated heterocycles. The molecule has 0 spiro atoms. The van der Waals surface area contributed by atoms with Crippen LogP contribution in [0.25, 0.3) is 22.0 Å². The van der Waals surface area contributed by atoms with Gasteiger partial charge in [-0.3, -0.25) is 9.59 Å². The van der Waals surface area contributed by atoms with Gasteiger partial charge < -0.3 is 10.1 Å². The maximum absolute atomic E-state index is 14.0. The first kappa shape index (κ1) is 26.2. The Morgan fingerprint density at radius 2 is 1.72 bits per heavy atom. The van der Waals surface area contributed by atoms with Crippen LogP contribution in [0.1, 0.15) is 35.6 Å². The zero-order valence-corrected chi connectivity index (χ0v) is 21.4. The molecule has 0 fully saturated rings. The number of carbonyl (C=O) groups excluding carboxylic acids is 1. The number of carbonyl (C=O) groups is 2. The van der Waals surface area contributed by atoms with Gasteiger partial charge in [0.1, 0.15) is 6.42 Å². The predicted octanol–water partition coefficient (Wildman–Crippen LogP) is 5.94. The van der Waals surface area contributed by atoms with Gasteiger partial charge in [0.05, 0.1) is 17.3 Å². The normalized spacial score (nSPS) is 15.4. The zero-order valence-electron chi connectivity index (χ0n) is 20.6. The molecular formula is C29H22ClF2N3O4. The minimum atomic E-state index is -4.28. The summed E-state index contributed by atoms with van der Waals surface area (Å²) in [5.74, 6) is -7.85. The van der Waals surface area contributed by atoms with Crippen molar-refractivity contribution in [2.75, 3.05) is 0 Å². The SMILES string of the molecule is Cc1ccc(C2CC(c3c(-c4ccc(Cl)cc4)c4ccccc4[nH]c3=O)=NN2C(=O)CC(F)(F)C(=O)O)cc1. The van der Waals surface area contributed by atoms with E-state index in [0.29, 0.717) is 32.6 Å². The van der Waals surface area contributed by atoms with E-state index < -0.39 is 35.8 Å². The predicted molar refractivity (Wildman–Crippen MR) is 144 cm³/mol. The summed E-state index contributed by atoms with van der Waals surface area (Å²) in [6.07, 6.45) is -1.52. The molecule has 198 valence electrons. The van der Waals surface area contributed by atoms with Crippen molar-refractivity contribution >= 4 is 40.1 Å². The van der Waals surface area contributed by atoms with E-state index in [2.05, 4.69) is 10.1 Å². The van der Waals surface area contributed by atoms with Gasteiger partial charge in [-0.25, -0.2) is 9.80 Å². The molecule has 1 aliphatic heterocycles. The average molecular weight is 550 g/mol. The van der Waals surface area contributed by atoms with Crippen LogP contribution in [0.3, 0.4) is 0 Å². The van der Waals surface area contributed by atoms with Crippen molar-refractivity contribution in [1.82, 2.24) is 9.99 Å². The Morgan fingerprint density at radius 3 is 2.38 bits per heavy atom. The van der Waals surface area contributed by atoms with E-state index in [9.17, 15) is 23.2 Å². The van der Waals surface area contributed by atoms with E-state index in [1.54, 1.807) is 48.5 Å². The number of aliphatic carboxylic acids is 1. The number of carboxylic acid groups (broad SMARTS) is 1.